The number of rotatable bonds is 5. The molecule has 5 heteroatoms. The van der Waals surface area contributed by atoms with Crippen LogP contribution in [0.3, 0.4) is 0 Å². The third-order valence-electron chi connectivity index (χ3n) is 2.80. The second-order valence-electron chi connectivity index (χ2n) is 4.21. The summed E-state index contributed by atoms with van der Waals surface area (Å²) in [5.74, 6) is 0.992. The molecule has 98 valence electrons. The summed E-state index contributed by atoms with van der Waals surface area (Å²) in [6.07, 6.45) is 0.956. The van der Waals surface area contributed by atoms with Gasteiger partial charge in [-0.1, -0.05) is 15.9 Å². The smallest absolute Gasteiger partial charge is 0.233 e. The molecule has 2 N–H and O–H groups in total. The van der Waals surface area contributed by atoms with Gasteiger partial charge in [-0.2, -0.15) is 0 Å². The highest BCUT2D eigenvalue weighted by molar-refractivity contribution is 9.10. The number of halogens is 1. The summed E-state index contributed by atoms with van der Waals surface area (Å²) in [5.41, 5.74) is 2.33. The Morgan fingerprint density at radius 2 is 2.33 bits per heavy atom. The monoisotopic (exact) mass is 312 g/mol. The van der Waals surface area contributed by atoms with Crippen molar-refractivity contribution in [1.29, 1.82) is 0 Å². The topological polar surface area (TPSA) is 50.4 Å². The van der Waals surface area contributed by atoms with Crippen LogP contribution in [-0.4, -0.2) is 25.6 Å². The molecule has 1 aromatic carbocycles. The molecular weight excluding hydrogens is 296 g/mol. The van der Waals surface area contributed by atoms with Crippen LogP contribution in [0.1, 0.15) is 18.1 Å². The molecule has 18 heavy (non-hydrogen) atoms. The Labute approximate surface area is 115 Å². The van der Waals surface area contributed by atoms with Crippen molar-refractivity contribution in [1.82, 2.24) is 10.6 Å². The van der Waals surface area contributed by atoms with E-state index in [-0.39, 0.29) is 5.91 Å². The number of benzene rings is 1. The molecule has 4 nitrogen and oxygen atoms in total. The summed E-state index contributed by atoms with van der Waals surface area (Å²) < 4.78 is 6.69. The van der Waals surface area contributed by atoms with Crippen molar-refractivity contribution in [2.75, 3.05) is 19.7 Å². The number of carbonyl (C=O) groups excluding carboxylic acids is 1. The maximum atomic E-state index is 11.3. The van der Waals surface area contributed by atoms with Gasteiger partial charge in [-0.05, 0) is 24.6 Å². The normalized spacial score (nSPS) is 13.0. The van der Waals surface area contributed by atoms with E-state index in [9.17, 15) is 4.79 Å². The fourth-order valence-corrected chi connectivity index (χ4v) is 2.60. The van der Waals surface area contributed by atoms with E-state index in [1.54, 1.807) is 0 Å². The van der Waals surface area contributed by atoms with Gasteiger partial charge in [-0.15, -0.1) is 0 Å². The minimum absolute atomic E-state index is 0.0186. The van der Waals surface area contributed by atoms with Crippen molar-refractivity contribution in [2.45, 2.75) is 19.9 Å². The maximum Gasteiger partial charge on any atom is 0.233 e. The van der Waals surface area contributed by atoms with Crippen LogP contribution in [0.5, 0.6) is 5.75 Å². The molecule has 0 aromatic heterocycles. The highest BCUT2D eigenvalue weighted by Gasteiger charge is 2.17. The van der Waals surface area contributed by atoms with E-state index in [2.05, 4.69) is 32.6 Å². The van der Waals surface area contributed by atoms with Crippen LogP contribution in [0.25, 0.3) is 0 Å². The van der Waals surface area contributed by atoms with Crippen LogP contribution in [0.15, 0.2) is 16.6 Å². The van der Waals surface area contributed by atoms with Crippen LogP contribution in [0.4, 0.5) is 0 Å². The number of hydrogen-bond acceptors (Lipinski definition) is 3. The largest absolute Gasteiger partial charge is 0.493 e. The number of ether oxygens (including phenoxy) is 1. The highest BCUT2D eigenvalue weighted by Crippen LogP contribution is 2.32. The Morgan fingerprint density at radius 3 is 3.11 bits per heavy atom. The second-order valence-corrected chi connectivity index (χ2v) is 5.12. The molecule has 0 saturated carbocycles. The van der Waals surface area contributed by atoms with Crippen molar-refractivity contribution in [3.05, 3.63) is 27.7 Å². The quantitative estimate of drug-likeness (QED) is 0.868. The van der Waals surface area contributed by atoms with Crippen molar-refractivity contribution in [3.63, 3.8) is 0 Å². The Hall–Kier alpha value is -1.07. The van der Waals surface area contributed by atoms with Crippen molar-refractivity contribution < 1.29 is 9.53 Å². The summed E-state index contributed by atoms with van der Waals surface area (Å²) in [6.45, 7) is 4.28. The number of amides is 1. The van der Waals surface area contributed by atoms with Gasteiger partial charge in [0.15, 0.2) is 0 Å². The van der Waals surface area contributed by atoms with Gasteiger partial charge >= 0.3 is 0 Å². The molecule has 0 saturated heterocycles. The molecule has 1 aliphatic rings. The SMILES string of the molecule is CCNC(=O)CNCc1cc(Br)cc2c1OCC2. The van der Waals surface area contributed by atoms with Crippen molar-refractivity contribution in [2.24, 2.45) is 0 Å². The van der Waals surface area contributed by atoms with Gasteiger partial charge in [-0.3, -0.25) is 4.79 Å². The summed E-state index contributed by atoms with van der Waals surface area (Å²) >= 11 is 3.50. The van der Waals surface area contributed by atoms with Crippen LogP contribution in [0.2, 0.25) is 0 Å². The first-order chi connectivity index (χ1) is 8.70. The lowest BCUT2D eigenvalue weighted by Gasteiger charge is -2.10. The highest BCUT2D eigenvalue weighted by atomic mass is 79.9. The molecule has 2 rings (SSSR count). The van der Waals surface area contributed by atoms with E-state index in [0.717, 1.165) is 28.8 Å². The predicted octanol–water partition coefficient (Wildman–Crippen LogP) is 1.61. The average Bonchev–Trinajstić information content (AvgIpc) is 2.77. The second kappa shape index (κ2) is 6.20. The Balaban J connectivity index is 1.95. The summed E-state index contributed by atoms with van der Waals surface area (Å²) in [4.78, 5) is 11.3. The minimum atomic E-state index is 0.0186. The number of likely N-dealkylation sites (N-methyl/N-ethyl adjacent to an activating group) is 1. The first-order valence-corrected chi connectivity index (χ1v) is 6.91. The predicted molar refractivity (Wildman–Crippen MR) is 73.7 cm³/mol. The van der Waals surface area contributed by atoms with Crippen LogP contribution in [0, 0.1) is 0 Å². The van der Waals surface area contributed by atoms with Gasteiger partial charge in [0, 0.05) is 29.5 Å². The fraction of sp³-hybridized carbons (Fsp3) is 0.462. The van der Waals surface area contributed by atoms with Gasteiger partial charge in [-0.25, -0.2) is 0 Å². The van der Waals surface area contributed by atoms with Crippen LogP contribution < -0.4 is 15.4 Å². The van der Waals surface area contributed by atoms with E-state index >= 15 is 0 Å². The number of nitrogens with one attached hydrogen (secondary N) is 2. The van der Waals surface area contributed by atoms with Crippen molar-refractivity contribution in [3.8, 4) is 5.75 Å². The number of fused-ring (bicyclic) bond motifs is 1. The molecule has 0 radical (unpaired) electrons. The summed E-state index contributed by atoms with van der Waals surface area (Å²) in [5, 5.41) is 5.88. The standard InChI is InChI=1S/C13H17BrN2O2/c1-2-16-12(17)8-15-7-10-6-11(14)5-9-3-4-18-13(9)10/h5-6,15H,2-4,7-8H2,1H3,(H,16,17). The molecule has 0 atom stereocenters. The summed E-state index contributed by atoms with van der Waals surface area (Å²) in [7, 11) is 0. The fourth-order valence-electron chi connectivity index (χ4n) is 2.05. The third kappa shape index (κ3) is 3.23. The zero-order valence-electron chi connectivity index (χ0n) is 10.4. The average molecular weight is 313 g/mol. The molecule has 1 amide bonds. The van der Waals surface area contributed by atoms with Gasteiger partial charge in [0.1, 0.15) is 5.75 Å². The Morgan fingerprint density at radius 1 is 1.50 bits per heavy atom. The lowest BCUT2D eigenvalue weighted by Crippen LogP contribution is -2.33. The van der Waals surface area contributed by atoms with Gasteiger partial charge < -0.3 is 15.4 Å². The summed E-state index contributed by atoms with van der Waals surface area (Å²) in [6, 6.07) is 4.13. The number of carbonyl (C=O) groups is 1. The Kier molecular flexibility index (Phi) is 4.60. The van der Waals surface area contributed by atoms with Gasteiger partial charge in [0.05, 0.1) is 13.2 Å². The molecule has 0 unspecified atom stereocenters. The van der Waals surface area contributed by atoms with Gasteiger partial charge in [0.25, 0.3) is 0 Å². The third-order valence-corrected chi connectivity index (χ3v) is 3.26. The van der Waals surface area contributed by atoms with Crippen LogP contribution >= 0.6 is 15.9 Å². The molecule has 0 aliphatic carbocycles. The van der Waals surface area contributed by atoms with E-state index in [4.69, 9.17) is 4.74 Å². The number of hydrogen-bond donors (Lipinski definition) is 2. The lowest BCUT2D eigenvalue weighted by atomic mass is 10.1. The first kappa shape index (κ1) is 13.4. The van der Waals surface area contributed by atoms with E-state index in [0.29, 0.717) is 19.6 Å². The minimum Gasteiger partial charge on any atom is -0.493 e. The van der Waals surface area contributed by atoms with Crippen molar-refractivity contribution >= 4 is 21.8 Å². The zero-order valence-corrected chi connectivity index (χ0v) is 12.0. The lowest BCUT2D eigenvalue weighted by molar-refractivity contribution is -0.120. The van der Waals surface area contributed by atoms with Crippen LogP contribution in [-0.2, 0) is 17.8 Å². The zero-order chi connectivity index (χ0) is 13.0. The molecule has 1 heterocycles. The molecule has 1 aliphatic heterocycles. The van der Waals surface area contributed by atoms with Gasteiger partial charge in [0.2, 0.25) is 5.91 Å². The molecule has 0 spiro atoms. The van der Waals surface area contributed by atoms with E-state index in [1.165, 1.54) is 5.56 Å². The van der Waals surface area contributed by atoms with E-state index in [1.807, 2.05) is 13.0 Å². The van der Waals surface area contributed by atoms with E-state index < -0.39 is 0 Å². The molecule has 0 fully saturated rings. The molecule has 1 aromatic rings. The molecule has 0 bridgehead atoms. The maximum absolute atomic E-state index is 11.3. The Bertz CT molecular complexity index is 449. The first-order valence-electron chi connectivity index (χ1n) is 6.12. The molecular formula is C13H17BrN2O2.